The molecule has 18 heavy (non-hydrogen) atoms. The van der Waals surface area contributed by atoms with Gasteiger partial charge in [-0.15, -0.1) is 0 Å². The highest BCUT2D eigenvalue weighted by atomic mass is 35.5. The fourth-order valence-electron chi connectivity index (χ4n) is 2.19. The molecule has 3 rings (SSSR count). The van der Waals surface area contributed by atoms with Crippen molar-refractivity contribution in [2.45, 2.75) is 13.0 Å². The summed E-state index contributed by atoms with van der Waals surface area (Å²) < 4.78 is 1.81. The molecule has 2 aliphatic heterocycles. The summed E-state index contributed by atoms with van der Waals surface area (Å²) in [6.45, 7) is 2.00. The number of halogens is 1. The molecule has 0 saturated carbocycles. The van der Waals surface area contributed by atoms with Crippen LogP contribution < -0.4 is 5.32 Å². The van der Waals surface area contributed by atoms with Crippen molar-refractivity contribution in [2.24, 2.45) is 12.0 Å². The molecule has 0 aromatic carbocycles. The van der Waals surface area contributed by atoms with E-state index in [0.29, 0.717) is 5.16 Å². The van der Waals surface area contributed by atoms with Gasteiger partial charge < -0.3 is 5.32 Å². The maximum atomic E-state index is 5.97. The van der Waals surface area contributed by atoms with Gasteiger partial charge in [0.15, 0.2) is 0 Å². The van der Waals surface area contributed by atoms with E-state index in [1.807, 2.05) is 43.2 Å². The molecule has 0 radical (unpaired) electrons. The first kappa shape index (κ1) is 11.3. The van der Waals surface area contributed by atoms with E-state index < -0.39 is 0 Å². The maximum absolute atomic E-state index is 5.97. The standard InChI is InChI=1S/C13H13ClN4/c1-8-10(7-18(2)17-8)9-5-12-11(15-6-9)3-4-13(14)16-12/h3-7,12,16H,1-2H3. The first-order chi connectivity index (χ1) is 8.63. The predicted molar refractivity (Wildman–Crippen MR) is 73.4 cm³/mol. The second-order valence-corrected chi connectivity index (χ2v) is 4.82. The molecule has 1 aromatic heterocycles. The normalized spacial score (nSPS) is 21.7. The first-order valence-electron chi connectivity index (χ1n) is 5.74. The Kier molecular flexibility index (Phi) is 2.59. The number of dihydropyridines is 2. The quantitative estimate of drug-likeness (QED) is 0.786. The molecule has 92 valence electrons. The molecule has 0 aliphatic carbocycles. The van der Waals surface area contributed by atoms with Crippen molar-refractivity contribution < 1.29 is 0 Å². The summed E-state index contributed by atoms with van der Waals surface area (Å²) in [6, 6.07) is 0.0436. The molecular weight excluding hydrogens is 248 g/mol. The molecule has 1 aromatic rings. The fourth-order valence-corrected chi connectivity index (χ4v) is 2.37. The lowest BCUT2D eigenvalue weighted by Crippen LogP contribution is -2.30. The second kappa shape index (κ2) is 4.14. The zero-order valence-corrected chi connectivity index (χ0v) is 10.9. The Hall–Kier alpha value is -1.81. The third-order valence-corrected chi connectivity index (χ3v) is 3.27. The van der Waals surface area contributed by atoms with Gasteiger partial charge in [-0.05, 0) is 25.2 Å². The van der Waals surface area contributed by atoms with E-state index in [0.717, 1.165) is 22.5 Å². The van der Waals surface area contributed by atoms with Crippen molar-refractivity contribution in [3.63, 3.8) is 0 Å². The van der Waals surface area contributed by atoms with Crippen LogP contribution in [0.2, 0.25) is 0 Å². The Morgan fingerprint density at radius 1 is 1.39 bits per heavy atom. The van der Waals surface area contributed by atoms with Crippen LogP contribution in [0.5, 0.6) is 0 Å². The van der Waals surface area contributed by atoms with Gasteiger partial charge in [-0.2, -0.15) is 5.10 Å². The van der Waals surface area contributed by atoms with Gasteiger partial charge in [-0.3, -0.25) is 9.67 Å². The van der Waals surface area contributed by atoms with Crippen LogP contribution >= 0.6 is 11.6 Å². The average molecular weight is 261 g/mol. The molecular formula is C13H13ClN4. The Labute approximate surface area is 110 Å². The molecule has 1 N–H and O–H groups in total. The number of nitrogens with one attached hydrogen (secondary N) is 1. The largest absolute Gasteiger partial charge is 0.364 e. The molecule has 0 saturated heterocycles. The van der Waals surface area contributed by atoms with Gasteiger partial charge in [0, 0.05) is 30.6 Å². The molecule has 0 fully saturated rings. The number of aliphatic imine (C=N–C) groups is 1. The molecule has 2 aliphatic rings. The molecule has 1 atom stereocenters. The summed E-state index contributed by atoms with van der Waals surface area (Å²) in [5.41, 5.74) is 4.15. The number of fused-ring (bicyclic) bond motifs is 1. The van der Waals surface area contributed by atoms with E-state index in [9.17, 15) is 0 Å². The van der Waals surface area contributed by atoms with Gasteiger partial charge in [-0.1, -0.05) is 11.6 Å². The first-order valence-corrected chi connectivity index (χ1v) is 6.12. The lowest BCUT2D eigenvalue weighted by molar-refractivity contribution is 0.756. The third-order valence-electron chi connectivity index (χ3n) is 3.04. The van der Waals surface area contributed by atoms with E-state index in [1.165, 1.54) is 0 Å². The minimum atomic E-state index is 0.0436. The number of aromatic nitrogens is 2. The van der Waals surface area contributed by atoms with Crippen LogP contribution in [0.25, 0.3) is 5.57 Å². The molecule has 0 bridgehead atoms. The van der Waals surface area contributed by atoms with Crippen LogP contribution in [0, 0.1) is 6.92 Å². The Balaban J connectivity index is 1.98. The van der Waals surface area contributed by atoms with Gasteiger partial charge in [0.25, 0.3) is 0 Å². The van der Waals surface area contributed by atoms with Crippen molar-refractivity contribution in [1.29, 1.82) is 0 Å². The van der Waals surface area contributed by atoms with Crippen LogP contribution in [0.3, 0.4) is 0 Å². The molecule has 1 unspecified atom stereocenters. The van der Waals surface area contributed by atoms with Crippen molar-refractivity contribution >= 4 is 23.4 Å². The van der Waals surface area contributed by atoms with Crippen molar-refractivity contribution in [3.8, 4) is 0 Å². The SMILES string of the molecule is Cc1nn(C)cc1C1=CC2NC(Cl)=CC=C2N=C1. The van der Waals surface area contributed by atoms with Crippen molar-refractivity contribution in [1.82, 2.24) is 15.1 Å². The Morgan fingerprint density at radius 3 is 2.94 bits per heavy atom. The summed E-state index contributed by atoms with van der Waals surface area (Å²) in [7, 11) is 1.92. The van der Waals surface area contributed by atoms with Gasteiger partial charge in [0.2, 0.25) is 0 Å². The van der Waals surface area contributed by atoms with Gasteiger partial charge in [0.05, 0.1) is 17.4 Å². The van der Waals surface area contributed by atoms with Crippen molar-refractivity contribution in [3.05, 3.63) is 46.5 Å². The molecule has 0 amide bonds. The van der Waals surface area contributed by atoms with E-state index in [1.54, 1.807) is 0 Å². The molecule has 5 heteroatoms. The highest BCUT2D eigenvalue weighted by molar-refractivity contribution is 6.29. The van der Waals surface area contributed by atoms with Gasteiger partial charge >= 0.3 is 0 Å². The zero-order chi connectivity index (χ0) is 12.7. The lowest BCUT2D eigenvalue weighted by Gasteiger charge is -2.23. The van der Waals surface area contributed by atoms with Crippen LogP contribution in [0.15, 0.2) is 40.3 Å². The highest BCUT2D eigenvalue weighted by Gasteiger charge is 2.20. The monoisotopic (exact) mass is 260 g/mol. The molecule has 3 heterocycles. The zero-order valence-electron chi connectivity index (χ0n) is 10.2. The van der Waals surface area contributed by atoms with E-state index in [4.69, 9.17) is 11.6 Å². The van der Waals surface area contributed by atoms with Crippen molar-refractivity contribution in [2.75, 3.05) is 0 Å². The predicted octanol–water partition coefficient (Wildman–Crippen LogP) is 2.13. The van der Waals surface area contributed by atoms with E-state index in [2.05, 4.69) is 21.5 Å². The summed E-state index contributed by atoms with van der Waals surface area (Å²) in [5, 5.41) is 8.17. The number of aryl methyl sites for hydroxylation is 2. The minimum Gasteiger partial charge on any atom is -0.364 e. The third kappa shape index (κ3) is 1.88. The summed E-state index contributed by atoms with van der Waals surface area (Å²) in [6.07, 6.45) is 9.75. The van der Waals surface area contributed by atoms with Crippen LogP contribution in [-0.2, 0) is 7.05 Å². The topological polar surface area (TPSA) is 42.2 Å². The van der Waals surface area contributed by atoms with Gasteiger partial charge in [0.1, 0.15) is 5.16 Å². The highest BCUT2D eigenvalue weighted by Crippen LogP contribution is 2.25. The summed E-state index contributed by atoms with van der Waals surface area (Å²) in [5.74, 6) is 0. The maximum Gasteiger partial charge on any atom is 0.103 e. The second-order valence-electron chi connectivity index (χ2n) is 4.41. The number of allylic oxidation sites excluding steroid dienone is 3. The Bertz CT molecular complexity index is 619. The molecule has 0 spiro atoms. The average Bonchev–Trinajstić information content (AvgIpc) is 2.67. The van der Waals surface area contributed by atoms with Crippen LogP contribution in [-0.4, -0.2) is 22.0 Å². The minimum absolute atomic E-state index is 0.0436. The van der Waals surface area contributed by atoms with E-state index >= 15 is 0 Å². The molecule has 4 nitrogen and oxygen atoms in total. The van der Waals surface area contributed by atoms with Crippen LogP contribution in [0.4, 0.5) is 0 Å². The van der Waals surface area contributed by atoms with Crippen LogP contribution in [0.1, 0.15) is 11.3 Å². The fraction of sp³-hybridized carbons (Fsp3) is 0.231. The number of hydrogen-bond donors (Lipinski definition) is 1. The number of rotatable bonds is 1. The van der Waals surface area contributed by atoms with E-state index in [-0.39, 0.29) is 6.04 Å². The summed E-state index contributed by atoms with van der Waals surface area (Å²) >= 11 is 5.97. The summed E-state index contributed by atoms with van der Waals surface area (Å²) in [4.78, 5) is 4.46. The number of nitrogens with zero attached hydrogens (tertiary/aromatic N) is 3. The number of hydrogen-bond acceptors (Lipinski definition) is 3. The Morgan fingerprint density at radius 2 is 2.22 bits per heavy atom. The smallest absolute Gasteiger partial charge is 0.103 e. The van der Waals surface area contributed by atoms with Gasteiger partial charge in [-0.25, -0.2) is 0 Å². The lowest BCUT2D eigenvalue weighted by atomic mass is 10.00.